The van der Waals surface area contributed by atoms with Gasteiger partial charge < -0.3 is 14.8 Å². The zero-order valence-corrected chi connectivity index (χ0v) is 9.54. The van der Waals surface area contributed by atoms with Crippen molar-refractivity contribution < 1.29 is 19.4 Å². The van der Waals surface area contributed by atoms with Crippen LogP contribution in [0.5, 0.6) is 5.75 Å². The van der Waals surface area contributed by atoms with Crippen LogP contribution in [0.25, 0.3) is 10.9 Å². The topological polar surface area (TPSA) is 79.4 Å². The number of fused-ring (bicyclic) bond motifs is 1. The molecule has 88 valence electrons. The minimum atomic E-state index is -1.20. The Kier molecular flexibility index (Phi) is 2.77. The first kappa shape index (κ1) is 11.5. The quantitative estimate of drug-likeness (QED) is 0.823. The first-order valence-electron chi connectivity index (χ1n) is 4.66. The number of methoxy groups -OCH3 is 1. The minimum Gasteiger partial charge on any atom is -0.495 e. The van der Waals surface area contributed by atoms with E-state index in [0.717, 1.165) is 0 Å². The van der Waals surface area contributed by atoms with Gasteiger partial charge in [0.05, 0.1) is 17.7 Å². The molecular formula is C11H8ClNO4. The van der Waals surface area contributed by atoms with Gasteiger partial charge in [-0.2, -0.15) is 0 Å². The Bertz CT molecular complexity index is 617. The zero-order valence-electron chi connectivity index (χ0n) is 8.78. The number of hydrogen-bond acceptors (Lipinski definition) is 3. The first-order chi connectivity index (χ1) is 8.08. The summed E-state index contributed by atoms with van der Waals surface area (Å²) in [5, 5.41) is 9.75. The Balaban J connectivity index is 2.83. The summed E-state index contributed by atoms with van der Waals surface area (Å²) in [6.07, 6.45) is 0.496. The molecule has 1 heterocycles. The molecule has 1 aromatic carbocycles. The molecule has 2 rings (SSSR count). The predicted molar refractivity (Wildman–Crippen MR) is 62.2 cm³/mol. The Labute approximate surface area is 101 Å². The van der Waals surface area contributed by atoms with Gasteiger partial charge in [-0.1, -0.05) is 11.6 Å². The van der Waals surface area contributed by atoms with E-state index in [1.54, 1.807) is 0 Å². The Morgan fingerprint density at radius 2 is 2.24 bits per heavy atom. The van der Waals surface area contributed by atoms with E-state index in [9.17, 15) is 9.59 Å². The number of ether oxygens (including phenoxy) is 1. The van der Waals surface area contributed by atoms with Crippen LogP contribution in [0.3, 0.4) is 0 Å². The van der Waals surface area contributed by atoms with Gasteiger partial charge in [-0.05, 0) is 12.1 Å². The standard InChI is InChI=1S/C11H8ClNO4/c1-17-9-2-5-6(4-14)10(11(15)16)13-8(5)3-7(9)12/h2-4,13H,1H3,(H,15,16). The molecule has 0 bridgehead atoms. The molecule has 0 aliphatic rings. The molecular weight excluding hydrogens is 246 g/mol. The third kappa shape index (κ3) is 1.74. The van der Waals surface area contributed by atoms with Crippen molar-refractivity contribution in [1.29, 1.82) is 0 Å². The summed E-state index contributed by atoms with van der Waals surface area (Å²) in [6, 6.07) is 3.06. The fraction of sp³-hybridized carbons (Fsp3) is 0.0909. The second kappa shape index (κ2) is 4.10. The van der Waals surface area contributed by atoms with E-state index in [1.807, 2.05) is 0 Å². The van der Waals surface area contributed by atoms with Crippen molar-refractivity contribution in [2.45, 2.75) is 0 Å². The second-order valence-corrected chi connectivity index (χ2v) is 3.78. The van der Waals surface area contributed by atoms with E-state index in [0.29, 0.717) is 28.0 Å². The predicted octanol–water partition coefficient (Wildman–Crippen LogP) is 2.34. The van der Waals surface area contributed by atoms with Crippen LogP contribution in [0, 0.1) is 0 Å². The van der Waals surface area contributed by atoms with Gasteiger partial charge in [0, 0.05) is 10.9 Å². The van der Waals surface area contributed by atoms with Crippen LogP contribution in [0.2, 0.25) is 5.02 Å². The lowest BCUT2D eigenvalue weighted by atomic mass is 10.1. The molecule has 2 N–H and O–H groups in total. The second-order valence-electron chi connectivity index (χ2n) is 3.37. The SMILES string of the molecule is COc1cc2c(C=O)c(C(=O)O)[nH]c2cc1Cl. The van der Waals surface area contributed by atoms with Gasteiger partial charge >= 0.3 is 5.97 Å². The summed E-state index contributed by atoms with van der Waals surface area (Å²) in [5.74, 6) is -0.809. The number of aromatic amines is 1. The average molecular weight is 254 g/mol. The molecule has 0 amide bonds. The highest BCUT2D eigenvalue weighted by Crippen LogP contribution is 2.32. The van der Waals surface area contributed by atoms with E-state index in [2.05, 4.69) is 4.98 Å². The van der Waals surface area contributed by atoms with Crippen molar-refractivity contribution in [2.24, 2.45) is 0 Å². The fourth-order valence-corrected chi connectivity index (χ4v) is 1.90. The molecule has 0 radical (unpaired) electrons. The van der Waals surface area contributed by atoms with Crippen LogP contribution in [-0.4, -0.2) is 29.5 Å². The summed E-state index contributed by atoms with van der Waals surface area (Å²) in [6.45, 7) is 0. The fourth-order valence-electron chi connectivity index (χ4n) is 1.66. The number of carboxylic acids is 1. The number of rotatable bonds is 3. The monoisotopic (exact) mass is 253 g/mol. The zero-order chi connectivity index (χ0) is 12.6. The number of aromatic nitrogens is 1. The van der Waals surface area contributed by atoms with Gasteiger partial charge in [0.25, 0.3) is 0 Å². The highest BCUT2D eigenvalue weighted by Gasteiger charge is 2.18. The number of H-pyrrole nitrogens is 1. The smallest absolute Gasteiger partial charge is 0.353 e. The molecule has 0 aliphatic heterocycles. The van der Waals surface area contributed by atoms with Gasteiger partial charge in [0.1, 0.15) is 11.4 Å². The van der Waals surface area contributed by atoms with Gasteiger partial charge in [-0.3, -0.25) is 4.79 Å². The van der Waals surface area contributed by atoms with Gasteiger partial charge in [-0.15, -0.1) is 0 Å². The summed E-state index contributed by atoms with van der Waals surface area (Å²) < 4.78 is 5.01. The lowest BCUT2D eigenvalue weighted by Gasteiger charge is -2.02. The van der Waals surface area contributed by atoms with E-state index >= 15 is 0 Å². The van der Waals surface area contributed by atoms with E-state index in [4.69, 9.17) is 21.4 Å². The Hall–Kier alpha value is -2.01. The number of carbonyl (C=O) groups is 2. The number of carbonyl (C=O) groups excluding carboxylic acids is 1. The average Bonchev–Trinajstić information content (AvgIpc) is 2.65. The number of hydrogen-bond donors (Lipinski definition) is 2. The van der Waals surface area contributed by atoms with Crippen LogP contribution < -0.4 is 4.74 Å². The largest absolute Gasteiger partial charge is 0.495 e. The summed E-state index contributed by atoms with van der Waals surface area (Å²) >= 11 is 5.91. The number of nitrogens with one attached hydrogen (secondary N) is 1. The molecule has 0 atom stereocenters. The summed E-state index contributed by atoms with van der Waals surface area (Å²) in [7, 11) is 1.44. The van der Waals surface area contributed by atoms with E-state index < -0.39 is 5.97 Å². The molecule has 1 aromatic heterocycles. The van der Waals surface area contributed by atoms with Gasteiger partial charge in [-0.25, -0.2) is 4.79 Å². The third-order valence-electron chi connectivity index (χ3n) is 2.44. The molecule has 17 heavy (non-hydrogen) atoms. The van der Waals surface area contributed by atoms with E-state index in [1.165, 1.54) is 19.2 Å². The van der Waals surface area contributed by atoms with Crippen LogP contribution >= 0.6 is 11.6 Å². The minimum absolute atomic E-state index is 0.0856. The lowest BCUT2D eigenvalue weighted by Crippen LogP contribution is -2.00. The number of aromatic carboxylic acids is 1. The van der Waals surface area contributed by atoms with E-state index in [-0.39, 0.29) is 11.3 Å². The normalized spacial score (nSPS) is 10.5. The summed E-state index contributed by atoms with van der Waals surface area (Å²) in [4.78, 5) is 24.5. The highest BCUT2D eigenvalue weighted by atomic mass is 35.5. The lowest BCUT2D eigenvalue weighted by molar-refractivity contribution is 0.0688. The van der Waals surface area contributed by atoms with Crippen molar-refractivity contribution >= 4 is 34.8 Å². The van der Waals surface area contributed by atoms with Gasteiger partial charge in [0.2, 0.25) is 0 Å². The molecule has 0 unspecified atom stereocenters. The third-order valence-corrected chi connectivity index (χ3v) is 2.74. The molecule has 6 heteroatoms. The maximum Gasteiger partial charge on any atom is 0.353 e. The Morgan fingerprint density at radius 1 is 1.53 bits per heavy atom. The van der Waals surface area contributed by atoms with Crippen LogP contribution in [-0.2, 0) is 0 Å². The molecule has 0 aliphatic carbocycles. The summed E-state index contributed by atoms with van der Waals surface area (Å²) in [5.41, 5.74) is 0.414. The first-order valence-corrected chi connectivity index (χ1v) is 5.04. The number of aldehydes is 1. The van der Waals surface area contributed by atoms with Crippen molar-refractivity contribution in [3.05, 3.63) is 28.4 Å². The molecule has 0 fully saturated rings. The van der Waals surface area contributed by atoms with Crippen molar-refractivity contribution in [2.75, 3.05) is 7.11 Å². The molecule has 0 saturated carbocycles. The van der Waals surface area contributed by atoms with Crippen LogP contribution in [0.4, 0.5) is 0 Å². The maximum atomic E-state index is 10.9. The van der Waals surface area contributed by atoms with Gasteiger partial charge in [0.15, 0.2) is 6.29 Å². The van der Waals surface area contributed by atoms with Crippen molar-refractivity contribution in [3.8, 4) is 5.75 Å². The van der Waals surface area contributed by atoms with Crippen LogP contribution in [0.15, 0.2) is 12.1 Å². The molecule has 0 spiro atoms. The molecule has 5 nitrogen and oxygen atoms in total. The maximum absolute atomic E-state index is 10.9. The van der Waals surface area contributed by atoms with Crippen molar-refractivity contribution in [3.63, 3.8) is 0 Å². The number of carboxylic acid groups (broad SMARTS) is 1. The number of benzene rings is 1. The van der Waals surface area contributed by atoms with Crippen molar-refractivity contribution in [1.82, 2.24) is 4.98 Å². The Morgan fingerprint density at radius 3 is 2.76 bits per heavy atom. The van der Waals surface area contributed by atoms with Crippen LogP contribution in [0.1, 0.15) is 20.8 Å². The molecule has 2 aromatic rings. The molecule has 0 saturated heterocycles. The number of halogens is 1. The highest BCUT2D eigenvalue weighted by molar-refractivity contribution is 6.33.